The predicted molar refractivity (Wildman–Crippen MR) is 163 cm³/mol. The van der Waals surface area contributed by atoms with Crippen LogP contribution >= 0.6 is 11.3 Å². The van der Waals surface area contributed by atoms with Gasteiger partial charge in [0.2, 0.25) is 0 Å². The smallest absolute Gasteiger partial charge is 0.0541 e. The highest BCUT2D eigenvalue weighted by Crippen LogP contribution is 2.40. The Morgan fingerprint density at radius 1 is 0.500 bits per heavy atom. The fraction of sp³-hybridized carbons (Fsp3) is 0. The molecule has 0 bridgehead atoms. The van der Waals surface area contributed by atoms with Crippen LogP contribution < -0.4 is 0 Å². The topological polar surface area (TPSA) is 4.93 Å². The number of hydrogen-bond donors (Lipinski definition) is 0. The van der Waals surface area contributed by atoms with E-state index in [1.165, 1.54) is 69.9 Å². The van der Waals surface area contributed by atoms with E-state index in [0.717, 1.165) is 0 Å². The molecular formula is C36H22NS. The first-order chi connectivity index (χ1) is 18.8. The number of aromatic nitrogens is 1. The maximum absolute atomic E-state index is 3.55. The van der Waals surface area contributed by atoms with Gasteiger partial charge in [-0.1, -0.05) is 97.1 Å². The molecular weight excluding hydrogens is 478 g/mol. The van der Waals surface area contributed by atoms with Crippen molar-refractivity contribution in [2.75, 3.05) is 0 Å². The summed E-state index contributed by atoms with van der Waals surface area (Å²) in [6.45, 7) is 0. The summed E-state index contributed by atoms with van der Waals surface area (Å²) in [5, 5.41) is 5.18. The van der Waals surface area contributed by atoms with E-state index in [1.807, 2.05) is 11.3 Å². The number of rotatable bonds is 3. The molecule has 38 heavy (non-hydrogen) atoms. The van der Waals surface area contributed by atoms with Crippen molar-refractivity contribution in [1.29, 1.82) is 0 Å². The van der Waals surface area contributed by atoms with Gasteiger partial charge in [0, 0.05) is 42.2 Å². The van der Waals surface area contributed by atoms with Crippen LogP contribution in [0.5, 0.6) is 0 Å². The van der Waals surface area contributed by atoms with Crippen LogP contribution in [0.2, 0.25) is 0 Å². The van der Waals surface area contributed by atoms with Gasteiger partial charge in [0.05, 0.1) is 11.0 Å². The van der Waals surface area contributed by atoms with Gasteiger partial charge >= 0.3 is 0 Å². The standard InChI is InChI=1S/C36H22NS/c1-4-19-33-29(14-1)30-15-2-5-20-34(30)37(33)27-13-8-11-25(23-27)24-10-7-12-26(22-24)28-17-9-18-32-31-16-3-6-21-35(31)38-36(28)32/h1-16,18-23H. The highest BCUT2D eigenvalue weighted by atomic mass is 32.1. The molecule has 2 heterocycles. The normalized spacial score (nSPS) is 11.7. The average molecular weight is 501 g/mol. The summed E-state index contributed by atoms with van der Waals surface area (Å²) >= 11 is 1.85. The van der Waals surface area contributed by atoms with Crippen LogP contribution in [0.4, 0.5) is 0 Å². The maximum Gasteiger partial charge on any atom is 0.0541 e. The highest BCUT2D eigenvalue weighted by molar-refractivity contribution is 7.26. The lowest BCUT2D eigenvalue weighted by Gasteiger charge is -2.11. The molecule has 1 nitrogen and oxygen atoms in total. The Kier molecular flexibility index (Phi) is 4.76. The Hall–Kier alpha value is -4.66. The molecule has 1 radical (unpaired) electrons. The minimum Gasteiger partial charge on any atom is -0.309 e. The van der Waals surface area contributed by atoms with E-state index in [2.05, 4.69) is 144 Å². The lowest BCUT2D eigenvalue weighted by molar-refractivity contribution is 1.18. The molecule has 2 aromatic heterocycles. The molecule has 0 saturated heterocycles. The summed E-state index contributed by atoms with van der Waals surface area (Å²) in [6.07, 6.45) is 0. The molecule has 6 aromatic carbocycles. The lowest BCUT2D eigenvalue weighted by atomic mass is 9.97. The minimum atomic E-state index is 1.17. The van der Waals surface area contributed by atoms with Gasteiger partial charge in [-0.2, -0.15) is 0 Å². The number of para-hydroxylation sites is 2. The van der Waals surface area contributed by atoms with Gasteiger partial charge < -0.3 is 4.57 Å². The molecule has 0 aliphatic rings. The van der Waals surface area contributed by atoms with Gasteiger partial charge in [-0.3, -0.25) is 0 Å². The molecule has 177 valence electrons. The highest BCUT2D eigenvalue weighted by Gasteiger charge is 2.13. The van der Waals surface area contributed by atoms with E-state index in [1.54, 1.807) is 0 Å². The first-order valence-corrected chi connectivity index (χ1v) is 13.7. The summed E-state index contributed by atoms with van der Waals surface area (Å²) in [5.41, 5.74) is 8.40. The molecule has 0 atom stereocenters. The zero-order chi connectivity index (χ0) is 25.1. The number of fused-ring (bicyclic) bond motifs is 6. The Bertz CT molecular complexity index is 2090. The predicted octanol–water partition coefficient (Wildman–Crippen LogP) is 10.3. The molecule has 0 saturated carbocycles. The van der Waals surface area contributed by atoms with Crippen LogP contribution in [0, 0.1) is 6.07 Å². The third-order valence-corrected chi connectivity index (χ3v) is 8.71. The van der Waals surface area contributed by atoms with Gasteiger partial charge in [-0.15, -0.1) is 11.3 Å². The second kappa shape index (κ2) is 8.44. The molecule has 0 unspecified atom stereocenters. The zero-order valence-electron chi connectivity index (χ0n) is 20.6. The van der Waals surface area contributed by atoms with Gasteiger partial charge in [0.25, 0.3) is 0 Å². The second-order valence-electron chi connectivity index (χ2n) is 9.69. The van der Waals surface area contributed by atoms with Crippen molar-refractivity contribution in [3.8, 4) is 27.9 Å². The molecule has 8 rings (SSSR count). The molecule has 0 N–H and O–H groups in total. The van der Waals surface area contributed by atoms with Crippen LogP contribution in [-0.2, 0) is 0 Å². The van der Waals surface area contributed by atoms with Crippen LogP contribution in [0.3, 0.4) is 0 Å². The van der Waals surface area contributed by atoms with Crippen molar-refractivity contribution >= 4 is 53.3 Å². The summed E-state index contributed by atoms with van der Waals surface area (Å²) < 4.78 is 4.99. The van der Waals surface area contributed by atoms with Crippen molar-refractivity contribution in [2.45, 2.75) is 0 Å². The Balaban J connectivity index is 1.28. The third kappa shape index (κ3) is 3.24. The van der Waals surface area contributed by atoms with E-state index in [-0.39, 0.29) is 0 Å². The van der Waals surface area contributed by atoms with Crippen molar-refractivity contribution in [3.05, 3.63) is 140 Å². The molecule has 0 amide bonds. The van der Waals surface area contributed by atoms with E-state index in [0.29, 0.717) is 0 Å². The van der Waals surface area contributed by atoms with Crippen molar-refractivity contribution in [3.63, 3.8) is 0 Å². The number of nitrogens with zero attached hydrogens (tertiary/aromatic N) is 1. The molecule has 0 aliphatic heterocycles. The van der Waals surface area contributed by atoms with Gasteiger partial charge in [0.1, 0.15) is 0 Å². The minimum absolute atomic E-state index is 1.17. The Morgan fingerprint density at radius 2 is 1.13 bits per heavy atom. The van der Waals surface area contributed by atoms with Crippen LogP contribution in [-0.4, -0.2) is 4.57 Å². The van der Waals surface area contributed by atoms with E-state index in [9.17, 15) is 0 Å². The van der Waals surface area contributed by atoms with Gasteiger partial charge in [-0.25, -0.2) is 0 Å². The van der Waals surface area contributed by atoms with E-state index in [4.69, 9.17) is 0 Å². The lowest BCUT2D eigenvalue weighted by Crippen LogP contribution is -1.94. The Morgan fingerprint density at radius 3 is 1.92 bits per heavy atom. The summed E-state index contributed by atoms with van der Waals surface area (Å²) in [4.78, 5) is 0. The Labute approximate surface area is 224 Å². The van der Waals surface area contributed by atoms with E-state index >= 15 is 0 Å². The molecule has 8 aromatic rings. The van der Waals surface area contributed by atoms with Crippen molar-refractivity contribution in [1.82, 2.24) is 4.57 Å². The second-order valence-corrected chi connectivity index (χ2v) is 10.7. The summed E-state index contributed by atoms with van der Waals surface area (Å²) in [6, 6.07) is 51.6. The number of hydrogen-bond acceptors (Lipinski definition) is 1. The third-order valence-electron chi connectivity index (χ3n) is 7.51. The fourth-order valence-corrected chi connectivity index (χ4v) is 7.01. The van der Waals surface area contributed by atoms with Crippen molar-refractivity contribution in [2.24, 2.45) is 0 Å². The first kappa shape index (κ1) is 21.4. The molecule has 0 spiro atoms. The monoisotopic (exact) mass is 500 g/mol. The molecule has 0 fully saturated rings. The van der Waals surface area contributed by atoms with Crippen LogP contribution in [0.25, 0.3) is 69.9 Å². The average Bonchev–Trinajstić information content (AvgIpc) is 3.53. The maximum atomic E-state index is 3.55. The quantitative estimate of drug-likeness (QED) is 0.227. The largest absolute Gasteiger partial charge is 0.309 e. The first-order valence-electron chi connectivity index (χ1n) is 12.9. The zero-order valence-corrected chi connectivity index (χ0v) is 21.4. The van der Waals surface area contributed by atoms with E-state index < -0.39 is 0 Å². The number of thiophene rings is 1. The summed E-state index contributed by atoms with van der Waals surface area (Å²) in [5.74, 6) is 0. The van der Waals surface area contributed by atoms with Crippen LogP contribution in [0.15, 0.2) is 133 Å². The van der Waals surface area contributed by atoms with Gasteiger partial charge in [0.15, 0.2) is 0 Å². The summed E-state index contributed by atoms with van der Waals surface area (Å²) in [7, 11) is 0. The number of benzene rings is 6. The van der Waals surface area contributed by atoms with Gasteiger partial charge in [-0.05, 0) is 59.2 Å². The van der Waals surface area contributed by atoms with Crippen LogP contribution in [0.1, 0.15) is 0 Å². The fourth-order valence-electron chi connectivity index (χ4n) is 5.78. The molecule has 0 aliphatic carbocycles. The SMILES string of the molecule is [c]1ccc2c(sc3ccccc32)c1-c1cccc(-c2cccc(-n3c4ccccc4c4ccccc43)c2)c1. The molecule has 2 heteroatoms. The van der Waals surface area contributed by atoms with Crippen molar-refractivity contribution < 1.29 is 0 Å².